The highest BCUT2D eigenvalue weighted by atomic mass is 16.5. The van der Waals surface area contributed by atoms with Gasteiger partial charge in [-0.05, 0) is 68.0 Å². The van der Waals surface area contributed by atoms with E-state index in [0.717, 1.165) is 19.3 Å². The van der Waals surface area contributed by atoms with Gasteiger partial charge in [0.15, 0.2) is 11.9 Å². The second-order valence-electron chi connectivity index (χ2n) is 6.71. The predicted molar refractivity (Wildman–Crippen MR) is 99.3 cm³/mol. The number of benzene rings is 2. The number of H-pyrrole nitrogens is 1. The molecule has 1 heterocycles. The zero-order valence-electron chi connectivity index (χ0n) is 14.6. The maximum Gasteiger partial charge on any atom is 0.338 e. The zero-order valence-corrected chi connectivity index (χ0v) is 14.6. The van der Waals surface area contributed by atoms with Gasteiger partial charge in [0, 0.05) is 0 Å². The Balaban J connectivity index is 1.57. The second kappa shape index (κ2) is 6.75. The molecule has 0 bridgehead atoms. The summed E-state index contributed by atoms with van der Waals surface area (Å²) >= 11 is 0. The number of hydrogen-bond donors (Lipinski definition) is 1. The lowest BCUT2D eigenvalue weighted by Crippen LogP contribution is -2.17. The molecule has 0 saturated heterocycles. The monoisotopic (exact) mass is 348 g/mol. The van der Waals surface area contributed by atoms with Gasteiger partial charge in [0.1, 0.15) is 0 Å². The minimum atomic E-state index is -0.643. The van der Waals surface area contributed by atoms with Crippen LogP contribution in [0.5, 0.6) is 0 Å². The molecule has 0 radical (unpaired) electrons. The minimum Gasteiger partial charge on any atom is -0.451 e. The van der Waals surface area contributed by atoms with Crippen LogP contribution in [0.2, 0.25) is 0 Å². The average molecular weight is 348 g/mol. The number of aromatic nitrogens is 2. The van der Waals surface area contributed by atoms with Crippen LogP contribution in [0.15, 0.2) is 47.3 Å². The minimum absolute atomic E-state index is 0.234. The maximum absolute atomic E-state index is 12.5. The molecule has 0 unspecified atom stereocenters. The average Bonchev–Trinajstić information content (AvgIpc) is 2.67. The smallest absolute Gasteiger partial charge is 0.338 e. The lowest BCUT2D eigenvalue weighted by Gasteiger charge is -2.17. The molecule has 4 rings (SSSR count). The van der Waals surface area contributed by atoms with Crippen molar-refractivity contribution in [3.63, 3.8) is 0 Å². The first-order chi connectivity index (χ1) is 12.6. The number of nitrogens with zero attached hydrogens (tertiary/aromatic N) is 1. The molecule has 0 spiro atoms. The van der Waals surface area contributed by atoms with Crippen LogP contribution >= 0.6 is 0 Å². The van der Waals surface area contributed by atoms with E-state index >= 15 is 0 Å². The number of carbonyl (C=O) groups excluding carboxylic acids is 1. The number of esters is 1. The lowest BCUT2D eigenvalue weighted by atomic mass is 9.90. The van der Waals surface area contributed by atoms with Crippen molar-refractivity contribution in [2.45, 2.75) is 38.7 Å². The fraction of sp³-hybridized carbons (Fsp3) is 0.286. The van der Waals surface area contributed by atoms with Gasteiger partial charge in [-0.3, -0.25) is 4.79 Å². The van der Waals surface area contributed by atoms with Crippen LogP contribution in [-0.4, -0.2) is 15.9 Å². The van der Waals surface area contributed by atoms with Crippen LogP contribution in [0.1, 0.15) is 53.2 Å². The van der Waals surface area contributed by atoms with Gasteiger partial charge in [-0.1, -0.05) is 18.2 Å². The Morgan fingerprint density at radius 1 is 1.12 bits per heavy atom. The molecule has 132 valence electrons. The summed E-state index contributed by atoms with van der Waals surface area (Å²) in [4.78, 5) is 31.8. The van der Waals surface area contributed by atoms with Gasteiger partial charge in [-0.15, -0.1) is 0 Å². The molecule has 0 fully saturated rings. The van der Waals surface area contributed by atoms with E-state index in [1.807, 2.05) is 24.3 Å². The molecular weight excluding hydrogens is 328 g/mol. The van der Waals surface area contributed by atoms with E-state index in [9.17, 15) is 9.59 Å². The summed E-state index contributed by atoms with van der Waals surface area (Å²) in [7, 11) is 0. The summed E-state index contributed by atoms with van der Waals surface area (Å²) in [6.07, 6.45) is 3.80. The molecule has 1 N–H and O–H groups in total. The Morgan fingerprint density at radius 3 is 2.73 bits per heavy atom. The Kier molecular flexibility index (Phi) is 4.29. The highest BCUT2D eigenvalue weighted by Crippen LogP contribution is 2.23. The van der Waals surface area contributed by atoms with Crippen molar-refractivity contribution in [1.82, 2.24) is 9.97 Å². The fourth-order valence-electron chi connectivity index (χ4n) is 3.44. The first-order valence-corrected chi connectivity index (χ1v) is 8.93. The number of aromatic amines is 1. The topological polar surface area (TPSA) is 72.0 Å². The molecular formula is C21H20N2O3. The van der Waals surface area contributed by atoms with Gasteiger partial charge < -0.3 is 9.72 Å². The normalized spacial score (nSPS) is 14.7. The van der Waals surface area contributed by atoms with Gasteiger partial charge in [-0.25, -0.2) is 9.78 Å². The number of hydrogen-bond acceptors (Lipinski definition) is 4. The van der Waals surface area contributed by atoms with Crippen molar-refractivity contribution in [2.75, 3.05) is 0 Å². The molecule has 1 aliphatic carbocycles. The highest BCUT2D eigenvalue weighted by molar-refractivity contribution is 5.90. The Hall–Kier alpha value is -2.95. The van der Waals surface area contributed by atoms with E-state index in [1.54, 1.807) is 25.1 Å². The second-order valence-corrected chi connectivity index (χ2v) is 6.71. The van der Waals surface area contributed by atoms with Crippen molar-refractivity contribution >= 4 is 16.9 Å². The Labute approximate surface area is 151 Å². The van der Waals surface area contributed by atoms with Crippen LogP contribution in [0.25, 0.3) is 10.9 Å². The molecule has 5 nitrogen and oxygen atoms in total. The number of ether oxygens (including phenoxy) is 1. The molecule has 2 aromatic carbocycles. The standard InChI is InChI=1S/C21H20N2O3/c1-13(19-22-18-9-5-4-8-17(18)20(24)23-19)26-21(25)16-11-10-14-6-2-3-7-15(14)12-16/h4-5,8-13H,2-3,6-7H2,1H3,(H,22,23,24)/t13-/m0/s1. The largest absolute Gasteiger partial charge is 0.451 e. The Morgan fingerprint density at radius 2 is 1.88 bits per heavy atom. The van der Waals surface area contributed by atoms with Crippen molar-refractivity contribution in [1.29, 1.82) is 0 Å². The summed E-state index contributed by atoms with van der Waals surface area (Å²) in [5.41, 5.74) is 3.45. The summed E-state index contributed by atoms with van der Waals surface area (Å²) in [6.45, 7) is 1.71. The maximum atomic E-state index is 12.5. The third-order valence-corrected chi connectivity index (χ3v) is 4.88. The summed E-state index contributed by atoms with van der Waals surface area (Å²) in [5, 5.41) is 0.518. The van der Waals surface area contributed by atoms with Crippen molar-refractivity contribution in [2.24, 2.45) is 0 Å². The Bertz CT molecular complexity index is 1040. The SMILES string of the molecule is C[C@H](OC(=O)c1ccc2c(c1)CCCC2)c1nc2ccccc2c(=O)[nH]1. The number of aryl methyl sites for hydroxylation is 2. The molecule has 0 amide bonds. The third-order valence-electron chi connectivity index (χ3n) is 4.88. The van der Waals surface area contributed by atoms with Gasteiger partial charge in [-0.2, -0.15) is 0 Å². The van der Waals surface area contributed by atoms with Gasteiger partial charge in [0.05, 0.1) is 16.5 Å². The van der Waals surface area contributed by atoms with E-state index in [2.05, 4.69) is 9.97 Å². The zero-order chi connectivity index (χ0) is 18.1. The molecule has 3 aromatic rings. The van der Waals surface area contributed by atoms with E-state index in [1.165, 1.54) is 17.5 Å². The van der Waals surface area contributed by atoms with E-state index in [-0.39, 0.29) is 5.56 Å². The van der Waals surface area contributed by atoms with Crippen LogP contribution < -0.4 is 5.56 Å². The highest BCUT2D eigenvalue weighted by Gasteiger charge is 2.18. The van der Waals surface area contributed by atoms with E-state index < -0.39 is 12.1 Å². The van der Waals surface area contributed by atoms with Crippen molar-refractivity contribution < 1.29 is 9.53 Å². The quantitative estimate of drug-likeness (QED) is 0.732. The number of nitrogens with one attached hydrogen (secondary N) is 1. The molecule has 0 saturated carbocycles. The van der Waals surface area contributed by atoms with E-state index in [4.69, 9.17) is 4.74 Å². The summed E-state index contributed by atoms with van der Waals surface area (Å²) in [5.74, 6) is -0.0540. The molecule has 1 aromatic heterocycles. The predicted octanol–water partition coefficient (Wildman–Crippen LogP) is 3.72. The number of fused-ring (bicyclic) bond motifs is 2. The summed E-state index contributed by atoms with van der Waals surface area (Å²) < 4.78 is 5.55. The number of carbonyl (C=O) groups is 1. The fourth-order valence-corrected chi connectivity index (χ4v) is 3.44. The van der Waals surface area contributed by atoms with Crippen LogP contribution in [0.3, 0.4) is 0 Å². The van der Waals surface area contributed by atoms with Gasteiger partial charge in [0.2, 0.25) is 0 Å². The van der Waals surface area contributed by atoms with Gasteiger partial charge >= 0.3 is 5.97 Å². The molecule has 5 heteroatoms. The first-order valence-electron chi connectivity index (χ1n) is 8.93. The molecule has 1 atom stereocenters. The number of rotatable bonds is 3. The molecule has 1 aliphatic rings. The molecule has 0 aliphatic heterocycles. The van der Waals surface area contributed by atoms with E-state index in [0.29, 0.717) is 22.3 Å². The number of para-hydroxylation sites is 1. The van der Waals surface area contributed by atoms with Gasteiger partial charge in [0.25, 0.3) is 5.56 Å². The van der Waals surface area contributed by atoms with Crippen LogP contribution in [-0.2, 0) is 17.6 Å². The first kappa shape index (κ1) is 16.5. The van der Waals surface area contributed by atoms with Crippen LogP contribution in [0.4, 0.5) is 0 Å². The third kappa shape index (κ3) is 3.12. The van der Waals surface area contributed by atoms with Crippen molar-refractivity contribution in [3.8, 4) is 0 Å². The summed E-state index contributed by atoms with van der Waals surface area (Å²) in [6, 6.07) is 12.9. The van der Waals surface area contributed by atoms with Crippen LogP contribution in [0, 0.1) is 0 Å². The lowest BCUT2D eigenvalue weighted by molar-refractivity contribution is 0.0320. The van der Waals surface area contributed by atoms with Crippen molar-refractivity contribution in [3.05, 3.63) is 75.3 Å². The molecule has 26 heavy (non-hydrogen) atoms.